The number of halogens is 1. The average Bonchev–Trinajstić information content (AvgIpc) is 2.75. The van der Waals surface area contributed by atoms with Gasteiger partial charge in [0, 0.05) is 0 Å². The van der Waals surface area contributed by atoms with Gasteiger partial charge in [0.1, 0.15) is 0 Å². The lowest BCUT2D eigenvalue weighted by molar-refractivity contribution is -0.143. The van der Waals surface area contributed by atoms with Crippen LogP contribution >= 0.6 is 0 Å². The number of rotatable bonds is 2. The molecule has 3 nitrogen and oxygen atoms in total. The van der Waals surface area contributed by atoms with Crippen molar-refractivity contribution in [2.45, 2.75) is 38.0 Å². The maximum absolute atomic E-state index is 13.3. The van der Waals surface area contributed by atoms with E-state index in [4.69, 9.17) is 0 Å². The molecule has 1 aliphatic rings. The molecule has 0 atom stereocenters. The minimum atomic E-state index is -0.948. The predicted molar refractivity (Wildman–Crippen MR) is 60.6 cm³/mol. The highest BCUT2D eigenvalue weighted by molar-refractivity contribution is 5.82. The number of carboxylic acid groups (broad SMARTS) is 1. The van der Waals surface area contributed by atoms with Crippen molar-refractivity contribution in [2.24, 2.45) is 0 Å². The quantitative estimate of drug-likeness (QED) is 0.832. The molecule has 0 bridgehead atoms. The number of carbonyl (C=O) groups is 1. The Morgan fingerprint density at radius 2 is 1.94 bits per heavy atom. The van der Waals surface area contributed by atoms with Gasteiger partial charge in [-0.3, -0.25) is 4.79 Å². The highest BCUT2D eigenvalue weighted by Gasteiger charge is 2.43. The standard InChI is InChI=1S/C13H15FO3/c1-8-6-9(7-10(15)11(8)14)13(12(16)17)4-2-3-5-13/h6-7,15H,2-5H2,1H3,(H,16,17). The molecule has 1 saturated carbocycles. The summed E-state index contributed by atoms with van der Waals surface area (Å²) in [6, 6.07) is 2.79. The minimum Gasteiger partial charge on any atom is -0.505 e. The SMILES string of the molecule is Cc1cc(C2(C(=O)O)CCCC2)cc(O)c1F. The van der Waals surface area contributed by atoms with Crippen LogP contribution in [-0.2, 0) is 10.2 Å². The van der Waals surface area contributed by atoms with Crippen LogP contribution in [0.3, 0.4) is 0 Å². The summed E-state index contributed by atoms with van der Waals surface area (Å²) in [6.45, 7) is 1.53. The second-order valence-electron chi connectivity index (χ2n) is 4.72. The topological polar surface area (TPSA) is 57.5 Å². The molecule has 0 heterocycles. The van der Waals surface area contributed by atoms with Gasteiger partial charge in [-0.15, -0.1) is 0 Å². The third kappa shape index (κ3) is 1.77. The number of benzene rings is 1. The molecule has 2 N–H and O–H groups in total. The van der Waals surface area contributed by atoms with E-state index in [-0.39, 0.29) is 5.56 Å². The lowest BCUT2D eigenvalue weighted by Crippen LogP contribution is -2.32. The van der Waals surface area contributed by atoms with Crippen molar-refractivity contribution < 1.29 is 19.4 Å². The molecule has 0 amide bonds. The first-order chi connectivity index (χ1) is 7.97. The van der Waals surface area contributed by atoms with E-state index in [1.807, 2.05) is 0 Å². The predicted octanol–water partition coefficient (Wildman–Crippen LogP) is 2.74. The fourth-order valence-corrected chi connectivity index (χ4v) is 2.63. The highest BCUT2D eigenvalue weighted by Crippen LogP contribution is 2.43. The van der Waals surface area contributed by atoms with Crippen molar-refractivity contribution in [2.75, 3.05) is 0 Å². The van der Waals surface area contributed by atoms with Gasteiger partial charge in [-0.25, -0.2) is 4.39 Å². The molecular formula is C13H15FO3. The van der Waals surface area contributed by atoms with Crippen molar-refractivity contribution in [3.05, 3.63) is 29.1 Å². The molecule has 0 aromatic heterocycles. The van der Waals surface area contributed by atoms with Gasteiger partial charge in [0.2, 0.25) is 0 Å². The minimum absolute atomic E-state index is 0.285. The largest absolute Gasteiger partial charge is 0.505 e. The van der Waals surface area contributed by atoms with Gasteiger partial charge in [0.15, 0.2) is 11.6 Å². The number of hydrogen-bond donors (Lipinski definition) is 2. The average molecular weight is 238 g/mol. The molecule has 17 heavy (non-hydrogen) atoms. The lowest BCUT2D eigenvalue weighted by Gasteiger charge is -2.25. The molecule has 0 aliphatic heterocycles. The van der Waals surface area contributed by atoms with Crippen LogP contribution in [0, 0.1) is 12.7 Å². The molecule has 1 aliphatic carbocycles. The maximum Gasteiger partial charge on any atom is 0.314 e. The first kappa shape index (κ1) is 11.9. The molecular weight excluding hydrogens is 223 g/mol. The summed E-state index contributed by atoms with van der Waals surface area (Å²) in [5.41, 5.74) is -0.151. The highest BCUT2D eigenvalue weighted by atomic mass is 19.1. The molecule has 0 saturated heterocycles. The first-order valence-corrected chi connectivity index (χ1v) is 5.70. The third-order valence-electron chi connectivity index (χ3n) is 3.65. The van der Waals surface area contributed by atoms with E-state index in [0.29, 0.717) is 18.4 Å². The molecule has 4 heteroatoms. The molecule has 1 aromatic carbocycles. The molecule has 2 rings (SSSR count). The van der Waals surface area contributed by atoms with Crippen molar-refractivity contribution in [1.29, 1.82) is 0 Å². The van der Waals surface area contributed by atoms with Gasteiger partial charge in [-0.05, 0) is 37.0 Å². The number of aromatic hydroxyl groups is 1. The summed E-state index contributed by atoms with van der Waals surface area (Å²) in [6.07, 6.45) is 2.80. The van der Waals surface area contributed by atoms with Gasteiger partial charge >= 0.3 is 5.97 Å². The Labute approximate surface area is 98.9 Å². The summed E-state index contributed by atoms with van der Waals surface area (Å²) in [7, 11) is 0. The molecule has 1 aromatic rings. The van der Waals surface area contributed by atoms with E-state index in [1.54, 1.807) is 0 Å². The lowest BCUT2D eigenvalue weighted by atomic mass is 9.78. The van der Waals surface area contributed by atoms with Crippen molar-refractivity contribution in [3.8, 4) is 5.75 Å². The van der Waals surface area contributed by atoms with Crippen LogP contribution in [0.5, 0.6) is 5.75 Å². The summed E-state index contributed by atoms with van der Waals surface area (Å²) >= 11 is 0. The zero-order valence-corrected chi connectivity index (χ0v) is 9.66. The van der Waals surface area contributed by atoms with Crippen LogP contribution in [0.15, 0.2) is 12.1 Å². The Morgan fingerprint density at radius 1 is 1.35 bits per heavy atom. The Bertz CT molecular complexity index is 439. The third-order valence-corrected chi connectivity index (χ3v) is 3.65. The normalized spacial score (nSPS) is 18.2. The Balaban J connectivity index is 2.55. The van der Waals surface area contributed by atoms with Crippen LogP contribution in [0.2, 0.25) is 0 Å². The fourth-order valence-electron chi connectivity index (χ4n) is 2.63. The van der Waals surface area contributed by atoms with Crippen LogP contribution < -0.4 is 0 Å². The fraction of sp³-hybridized carbons (Fsp3) is 0.462. The van der Waals surface area contributed by atoms with Gasteiger partial charge in [0.25, 0.3) is 0 Å². The monoisotopic (exact) mass is 238 g/mol. The van der Waals surface area contributed by atoms with E-state index in [2.05, 4.69) is 0 Å². The van der Waals surface area contributed by atoms with Crippen molar-refractivity contribution in [1.82, 2.24) is 0 Å². The van der Waals surface area contributed by atoms with E-state index in [1.165, 1.54) is 19.1 Å². The van der Waals surface area contributed by atoms with Crippen LogP contribution in [-0.4, -0.2) is 16.2 Å². The van der Waals surface area contributed by atoms with E-state index < -0.39 is 23.0 Å². The smallest absolute Gasteiger partial charge is 0.314 e. The Hall–Kier alpha value is -1.58. The number of aliphatic carboxylic acids is 1. The number of hydrogen-bond acceptors (Lipinski definition) is 2. The van der Waals surface area contributed by atoms with Crippen molar-refractivity contribution in [3.63, 3.8) is 0 Å². The van der Waals surface area contributed by atoms with Crippen molar-refractivity contribution >= 4 is 5.97 Å². The number of carboxylic acids is 1. The van der Waals surface area contributed by atoms with Crippen LogP contribution in [0.25, 0.3) is 0 Å². The van der Waals surface area contributed by atoms with Gasteiger partial charge in [-0.2, -0.15) is 0 Å². The number of aryl methyl sites for hydroxylation is 1. The van der Waals surface area contributed by atoms with E-state index in [0.717, 1.165) is 12.8 Å². The summed E-state index contributed by atoms with van der Waals surface area (Å²) in [5, 5.41) is 18.9. The second-order valence-corrected chi connectivity index (χ2v) is 4.72. The molecule has 0 spiro atoms. The second kappa shape index (κ2) is 4.02. The molecule has 0 radical (unpaired) electrons. The van der Waals surface area contributed by atoms with Crippen LogP contribution in [0.1, 0.15) is 36.8 Å². The Kier molecular flexibility index (Phi) is 2.81. The number of phenolic OH excluding ortho intramolecular Hbond substituents is 1. The number of phenols is 1. The zero-order chi connectivity index (χ0) is 12.6. The van der Waals surface area contributed by atoms with Crippen LogP contribution in [0.4, 0.5) is 4.39 Å². The van der Waals surface area contributed by atoms with Gasteiger partial charge < -0.3 is 10.2 Å². The first-order valence-electron chi connectivity index (χ1n) is 5.70. The molecule has 1 fully saturated rings. The van der Waals surface area contributed by atoms with Gasteiger partial charge in [0.05, 0.1) is 5.41 Å². The summed E-state index contributed by atoms with van der Waals surface area (Å²) in [5.74, 6) is -2.03. The molecule has 0 unspecified atom stereocenters. The van der Waals surface area contributed by atoms with E-state index >= 15 is 0 Å². The maximum atomic E-state index is 13.3. The van der Waals surface area contributed by atoms with E-state index in [9.17, 15) is 19.4 Å². The summed E-state index contributed by atoms with van der Waals surface area (Å²) < 4.78 is 13.3. The molecule has 92 valence electrons. The zero-order valence-electron chi connectivity index (χ0n) is 9.66. The summed E-state index contributed by atoms with van der Waals surface area (Å²) in [4.78, 5) is 11.5. The Morgan fingerprint density at radius 3 is 2.41 bits per heavy atom. The van der Waals surface area contributed by atoms with Gasteiger partial charge in [-0.1, -0.05) is 18.9 Å².